The molecule has 4 nitrogen and oxygen atoms in total. The summed E-state index contributed by atoms with van der Waals surface area (Å²) in [5.74, 6) is 0.0504. The lowest BCUT2D eigenvalue weighted by Crippen LogP contribution is -2.48. The highest BCUT2D eigenvalue weighted by molar-refractivity contribution is 6.16. The van der Waals surface area contributed by atoms with Gasteiger partial charge in [0.25, 0.3) is 11.8 Å². The average Bonchev–Trinajstić information content (AvgIpc) is 2.84. The highest BCUT2D eigenvalue weighted by Crippen LogP contribution is 2.31. The minimum Gasteiger partial charge on any atom is -0.328 e. The van der Waals surface area contributed by atoms with E-state index in [1.165, 1.54) is 23.8 Å². The first kappa shape index (κ1) is 11.3. The van der Waals surface area contributed by atoms with Gasteiger partial charge in [-0.3, -0.25) is 14.5 Å². The molecule has 0 aromatic heterocycles. The van der Waals surface area contributed by atoms with Crippen LogP contribution in [0.3, 0.4) is 0 Å². The number of amides is 2. The normalized spacial score (nSPS) is 24.1. The minimum absolute atomic E-state index is 0.101. The Labute approximate surface area is 95.5 Å². The number of imide groups is 1. The smallest absolute Gasteiger partial charge is 0.256 e. The number of hydrogen-bond donors (Lipinski definition) is 1. The van der Waals surface area contributed by atoms with Gasteiger partial charge < -0.3 is 5.73 Å². The van der Waals surface area contributed by atoms with Crippen LogP contribution in [0.5, 0.6) is 0 Å². The van der Waals surface area contributed by atoms with Gasteiger partial charge in [-0.25, -0.2) is 0 Å². The summed E-state index contributed by atoms with van der Waals surface area (Å²) < 4.78 is 0. The third kappa shape index (κ3) is 1.78. The van der Waals surface area contributed by atoms with Gasteiger partial charge in [-0.2, -0.15) is 0 Å². The van der Waals surface area contributed by atoms with Crippen LogP contribution in [0, 0.1) is 5.92 Å². The molecule has 1 aliphatic heterocycles. The van der Waals surface area contributed by atoms with Crippen molar-refractivity contribution in [1.29, 1.82) is 0 Å². The van der Waals surface area contributed by atoms with E-state index >= 15 is 0 Å². The molecule has 1 unspecified atom stereocenters. The van der Waals surface area contributed by atoms with Gasteiger partial charge in [0, 0.05) is 18.2 Å². The molecule has 2 rings (SSSR count). The average molecular weight is 222 g/mol. The van der Waals surface area contributed by atoms with Crippen LogP contribution in [0.25, 0.3) is 0 Å². The topological polar surface area (TPSA) is 63.4 Å². The zero-order chi connectivity index (χ0) is 11.7. The van der Waals surface area contributed by atoms with Crippen LogP contribution in [-0.4, -0.2) is 29.3 Å². The number of carbonyl (C=O) groups is 2. The molecule has 0 radical (unpaired) electrons. The molecule has 16 heavy (non-hydrogen) atoms. The fourth-order valence-electron chi connectivity index (χ4n) is 2.77. The summed E-state index contributed by atoms with van der Waals surface area (Å²) in [7, 11) is 0. The number of hydrogen-bond acceptors (Lipinski definition) is 3. The molecule has 0 aromatic carbocycles. The van der Waals surface area contributed by atoms with Crippen molar-refractivity contribution < 1.29 is 9.59 Å². The van der Waals surface area contributed by atoms with Crippen molar-refractivity contribution in [2.45, 2.75) is 38.6 Å². The van der Waals surface area contributed by atoms with Crippen LogP contribution in [0.4, 0.5) is 0 Å². The van der Waals surface area contributed by atoms with Crippen molar-refractivity contribution in [2.24, 2.45) is 11.7 Å². The third-order valence-corrected chi connectivity index (χ3v) is 3.65. The molecule has 0 aromatic rings. The maximum atomic E-state index is 11.9. The molecule has 0 bridgehead atoms. The lowest BCUT2D eigenvalue weighted by atomic mass is 9.96. The third-order valence-electron chi connectivity index (χ3n) is 3.65. The van der Waals surface area contributed by atoms with E-state index in [1.807, 2.05) is 0 Å². The van der Waals surface area contributed by atoms with Gasteiger partial charge in [-0.15, -0.1) is 0 Å². The van der Waals surface area contributed by atoms with Gasteiger partial charge in [0.15, 0.2) is 0 Å². The standard InChI is InChI=1S/C12H18N2O2/c1-8-6-11(15)14(12(8)16)10(7-13)9-4-2-3-5-9/h6,9-10H,2-5,7,13H2,1H3. The van der Waals surface area contributed by atoms with Crippen molar-refractivity contribution in [2.75, 3.05) is 6.54 Å². The summed E-state index contributed by atoms with van der Waals surface area (Å²) in [6, 6.07) is -0.101. The van der Waals surface area contributed by atoms with Crippen molar-refractivity contribution in [3.8, 4) is 0 Å². The molecule has 1 saturated carbocycles. The Hall–Kier alpha value is -1.16. The highest BCUT2D eigenvalue weighted by atomic mass is 16.2. The zero-order valence-corrected chi connectivity index (χ0v) is 9.61. The van der Waals surface area contributed by atoms with E-state index in [0.717, 1.165) is 12.8 Å². The Balaban J connectivity index is 2.16. The zero-order valence-electron chi connectivity index (χ0n) is 9.61. The first-order valence-corrected chi connectivity index (χ1v) is 5.91. The molecule has 2 amide bonds. The van der Waals surface area contributed by atoms with Gasteiger partial charge in [-0.05, 0) is 25.7 Å². The summed E-state index contributed by atoms with van der Waals surface area (Å²) in [4.78, 5) is 24.9. The van der Waals surface area contributed by atoms with Crippen molar-refractivity contribution in [3.05, 3.63) is 11.6 Å². The summed E-state index contributed by atoms with van der Waals surface area (Å²) in [6.45, 7) is 2.06. The van der Waals surface area contributed by atoms with E-state index in [9.17, 15) is 9.59 Å². The maximum absolute atomic E-state index is 11.9. The minimum atomic E-state index is -0.190. The lowest BCUT2D eigenvalue weighted by Gasteiger charge is -2.30. The quantitative estimate of drug-likeness (QED) is 0.719. The van der Waals surface area contributed by atoms with Gasteiger partial charge >= 0.3 is 0 Å². The van der Waals surface area contributed by atoms with Gasteiger partial charge in [-0.1, -0.05) is 12.8 Å². The van der Waals surface area contributed by atoms with E-state index in [-0.39, 0.29) is 17.9 Å². The molecule has 2 aliphatic rings. The largest absolute Gasteiger partial charge is 0.328 e. The predicted octanol–water partition coefficient (Wildman–Crippen LogP) is 0.819. The van der Waals surface area contributed by atoms with Crippen molar-refractivity contribution >= 4 is 11.8 Å². The second-order valence-corrected chi connectivity index (χ2v) is 4.69. The maximum Gasteiger partial charge on any atom is 0.256 e. The van der Waals surface area contributed by atoms with Crippen LogP contribution in [-0.2, 0) is 9.59 Å². The monoisotopic (exact) mass is 222 g/mol. The van der Waals surface area contributed by atoms with Crippen molar-refractivity contribution in [3.63, 3.8) is 0 Å². The molecular formula is C12H18N2O2. The molecule has 4 heteroatoms. The molecule has 1 heterocycles. The molecule has 88 valence electrons. The van der Waals surface area contributed by atoms with Crippen molar-refractivity contribution in [1.82, 2.24) is 4.90 Å². The number of nitrogens with zero attached hydrogens (tertiary/aromatic N) is 1. The Morgan fingerprint density at radius 3 is 2.50 bits per heavy atom. The first-order chi connectivity index (χ1) is 7.65. The SMILES string of the molecule is CC1=CC(=O)N(C(CN)C2CCCC2)C1=O. The summed E-state index contributed by atoms with van der Waals surface area (Å²) in [6.07, 6.45) is 5.95. The summed E-state index contributed by atoms with van der Waals surface area (Å²) in [5, 5.41) is 0. The van der Waals surface area contributed by atoms with E-state index in [4.69, 9.17) is 5.73 Å². The molecule has 1 atom stereocenters. The summed E-state index contributed by atoms with van der Waals surface area (Å²) in [5.41, 5.74) is 6.26. The van der Waals surface area contributed by atoms with E-state index in [0.29, 0.717) is 18.0 Å². The number of nitrogens with two attached hydrogens (primary N) is 1. The fraction of sp³-hybridized carbons (Fsp3) is 0.667. The fourth-order valence-corrected chi connectivity index (χ4v) is 2.77. The second-order valence-electron chi connectivity index (χ2n) is 4.69. The molecule has 0 spiro atoms. The number of carbonyl (C=O) groups excluding carboxylic acids is 2. The lowest BCUT2D eigenvalue weighted by molar-refractivity contribution is -0.140. The molecule has 2 N–H and O–H groups in total. The van der Waals surface area contributed by atoms with Crippen LogP contribution < -0.4 is 5.73 Å². The first-order valence-electron chi connectivity index (χ1n) is 5.91. The highest BCUT2D eigenvalue weighted by Gasteiger charge is 2.38. The van der Waals surface area contributed by atoms with Crippen LogP contribution in [0.2, 0.25) is 0 Å². The predicted molar refractivity (Wildman–Crippen MR) is 60.4 cm³/mol. The van der Waals surface area contributed by atoms with Crippen LogP contribution in [0.1, 0.15) is 32.6 Å². The summed E-state index contributed by atoms with van der Waals surface area (Å²) >= 11 is 0. The van der Waals surface area contributed by atoms with Gasteiger partial charge in [0.1, 0.15) is 0 Å². The Morgan fingerprint density at radius 2 is 2.06 bits per heavy atom. The van der Waals surface area contributed by atoms with E-state index in [1.54, 1.807) is 6.92 Å². The van der Waals surface area contributed by atoms with E-state index in [2.05, 4.69) is 0 Å². The van der Waals surface area contributed by atoms with Crippen LogP contribution in [0.15, 0.2) is 11.6 Å². The molecule has 1 fully saturated rings. The van der Waals surface area contributed by atoms with Gasteiger partial charge in [0.05, 0.1) is 6.04 Å². The van der Waals surface area contributed by atoms with E-state index < -0.39 is 0 Å². The Bertz CT molecular complexity index is 343. The van der Waals surface area contributed by atoms with Crippen LogP contribution >= 0.6 is 0 Å². The molecule has 1 aliphatic carbocycles. The molecule has 0 saturated heterocycles. The van der Waals surface area contributed by atoms with Gasteiger partial charge in [0.2, 0.25) is 0 Å². The Kier molecular flexibility index (Phi) is 3.10. The second kappa shape index (κ2) is 4.37. The molecular weight excluding hydrogens is 204 g/mol. The number of rotatable bonds is 3. The Morgan fingerprint density at radius 1 is 1.44 bits per heavy atom.